The highest BCUT2D eigenvalue weighted by atomic mass is 16.5. The molecule has 0 aromatic heterocycles. The minimum absolute atomic E-state index is 0.167. The fourth-order valence-corrected chi connectivity index (χ4v) is 3.22. The summed E-state index contributed by atoms with van der Waals surface area (Å²) in [6.07, 6.45) is 7.95. The number of carbonyl (C=O) groups excluding carboxylic acids is 1. The molecule has 2 rings (SSSR count). The van der Waals surface area contributed by atoms with E-state index in [0.717, 1.165) is 17.4 Å². The lowest BCUT2D eigenvalue weighted by molar-refractivity contribution is -0.138. The van der Waals surface area contributed by atoms with Crippen LogP contribution >= 0.6 is 0 Å². The molecule has 2 aliphatic rings. The van der Waals surface area contributed by atoms with Gasteiger partial charge in [0.15, 0.2) is 0 Å². The highest BCUT2D eigenvalue weighted by molar-refractivity contribution is 5.89. The fourth-order valence-electron chi connectivity index (χ4n) is 3.22. The lowest BCUT2D eigenvalue weighted by Crippen LogP contribution is -2.09. The molecule has 2 aliphatic carbocycles. The molecule has 16 heavy (non-hydrogen) atoms. The van der Waals surface area contributed by atoms with E-state index in [1.165, 1.54) is 38.5 Å². The Hall–Kier alpha value is -0.790. The molecule has 0 aliphatic heterocycles. The molecule has 2 nitrogen and oxygen atoms in total. The van der Waals surface area contributed by atoms with Crippen molar-refractivity contribution in [1.82, 2.24) is 0 Å². The zero-order chi connectivity index (χ0) is 11.5. The van der Waals surface area contributed by atoms with Crippen molar-refractivity contribution in [3.05, 3.63) is 12.2 Å². The Morgan fingerprint density at radius 1 is 1.19 bits per heavy atom. The molecule has 0 amide bonds. The van der Waals surface area contributed by atoms with Gasteiger partial charge < -0.3 is 4.74 Å². The maximum absolute atomic E-state index is 11.6. The molecule has 0 spiro atoms. The van der Waals surface area contributed by atoms with Crippen molar-refractivity contribution < 1.29 is 9.53 Å². The first-order valence-corrected chi connectivity index (χ1v) is 6.61. The summed E-state index contributed by atoms with van der Waals surface area (Å²) in [5.41, 5.74) is 0.735. The van der Waals surface area contributed by atoms with Crippen molar-refractivity contribution in [3.63, 3.8) is 0 Å². The number of hydrogen-bond donors (Lipinski definition) is 0. The van der Waals surface area contributed by atoms with Gasteiger partial charge in [-0.15, -0.1) is 0 Å². The first-order valence-electron chi connectivity index (χ1n) is 6.61. The average molecular weight is 222 g/mol. The van der Waals surface area contributed by atoms with Crippen molar-refractivity contribution in [1.29, 1.82) is 0 Å². The predicted octanol–water partition coefficient (Wildman–Crippen LogP) is 3.32. The van der Waals surface area contributed by atoms with E-state index < -0.39 is 0 Å². The van der Waals surface area contributed by atoms with Crippen LogP contribution in [0.5, 0.6) is 0 Å². The second kappa shape index (κ2) is 5.03. The van der Waals surface area contributed by atoms with E-state index in [1.54, 1.807) is 0 Å². The normalized spacial score (nSPS) is 33.2. The third-order valence-electron chi connectivity index (χ3n) is 4.10. The van der Waals surface area contributed by atoms with E-state index >= 15 is 0 Å². The van der Waals surface area contributed by atoms with Crippen molar-refractivity contribution >= 4 is 5.97 Å². The van der Waals surface area contributed by atoms with Gasteiger partial charge in [-0.05, 0) is 37.5 Å². The molecule has 0 radical (unpaired) electrons. The molecular weight excluding hydrogens is 200 g/mol. The molecule has 0 N–H and O–H groups in total. The molecule has 0 bridgehead atoms. The van der Waals surface area contributed by atoms with Gasteiger partial charge in [-0.2, -0.15) is 0 Å². The maximum Gasteiger partial charge on any atom is 0.333 e. The monoisotopic (exact) mass is 222 g/mol. The van der Waals surface area contributed by atoms with E-state index in [9.17, 15) is 4.79 Å². The van der Waals surface area contributed by atoms with E-state index in [0.29, 0.717) is 12.5 Å². The summed E-state index contributed by atoms with van der Waals surface area (Å²) in [7, 11) is 0. The first-order chi connectivity index (χ1) is 7.75. The predicted molar refractivity (Wildman–Crippen MR) is 63.9 cm³/mol. The van der Waals surface area contributed by atoms with Crippen LogP contribution in [-0.4, -0.2) is 12.6 Å². The summed E-state index contributed by atoms with van der Waals surface area (Å²) in [4.78, 5) is 11.6. The molecule has 0 aromatic rings. The number of carbonyl (C=O) groups is 1. The van der Waals surface area contributed by atoms with Crippen molar-refractivity contribution in [2.45, 2.75) is 45.4 Å². The zero-order valence-corrected chi connectivity index (χ0v) is 10.2. The van der Waals surface area contributed by atoms with E-state index in [1.807, 2.05) is 6.92 Å². The molecule has 2 heteroatoms. The Kier molecular flexibility index (Phi) is 3.67. The Balaban J connectivity index is 1.91. The van der Waals surface area contributed by atoms with Crippen LogP contribution in [0.15, 0.2) is 12.2 Å². The van der Waals surface area contributed by atoms with Gasteiger partial charge in [0.1, 0.15) is 0 Å². The van der Waals surface area contributed by atoms with Crippen molar-refractivity contribution in [2.24, 2.45) is 17.8 Å². The molecule has 2 fully saturated rings. The summed E-state index contributed by atoms with van der Waals surface area (Å²) in [5, 5.41) is 0. The van der Waals surface area contributed by atoms with Crippen LogP contribution in [0.1, 0.15) is 45.4 Å². The summed E-state index contributed by atoms with van der Waals surface area (Å²) < 4.78 is 5.04. The molecule has 0 heterocycles. The van der Waals surface area contributed by atoms with E-state index in [2.05, 4.69) is 6.58 Å². The quantitative estimate of drug-likeness (QED) is 0.541. The smallest absolute Gasteiger partial charge is 0.333 e. The van der Waals surface area contributed by atoms with Gasteiger partial charge in [0.05, 0.1) is 6.61 Å². The third-order valence-corrected chi connectivity index (χ3v) is 4.10. The molecule has 0 saturated heterocycles. The van der Waals surface area contributed by atoms with Crippen molar-refractivity contribution in [3.8, 4) is 0 Å². The summed E-state index contributed by atoms with van der Waals surface area (Å²) in [6, 6.07) is 0. The number of hydrogen-bond acceptors (Lipinski definition) is 2. The Morgan fingerprint density at radius 3 is 2.25 bits per heavy atom. The topological polar surface area (TPSA) is 26.3 Å². The molecule has 2 saturated carbocycles. The lowest BCUT2D eigenvalue weighted by Gasteiger charge is -2.05. The Bertz CT molecular complexity index is 268. The van der Waals surface area contributed by atoms with Crippen LogP contribution in [-0.2, 0) is 9.53 Å². The maximum atomic E-state index is 11.6. The number of esters is 1. The lowest BCUT2D eigenvalue weighted by atomic mass is 10.0. The highest BCUT2D eigenvalue weighted by Crippen LogP contribution is 2.56. The number of rotatable bonds is 3. The van der Waals surface area contributed by atoms with Gasteiger partial charge in [-0.1, -0.05) is 32.3 Å². The van der Waals surface area contributed by atoms with E-state index in [-0.39, 0.29) is 5.97 Å². The van der Waals surface area contributed by atoms with Gasteiger partial charge >= 0.3 is 5.97 Å². The van der Waals surface area contributed by atoms with Crippen LogP contribution in [0.25, 0.3) is 0 Å². The standard InChI is InChI=1S/C14H22O2/c1-3-16-14(15)10(2)13-11-8-6-4-5-7-9-12(11)13/h11-13H,2-9H2,1H3. The number of fused-ring (bicyclic) bond motifs is 1. The SMILES string of the molecule is C=C(C(=O)OCC)C1C2CCCCCCC21. The van der Waals surface area contributed by atoms with Gasteiger partial charge in [-0.25, -0.2) is 4.79 Å². The minimum atomic E-state index is -0.167. The molecular formula is C14H22O2. The fraction of sp³-hybridized carbons (Fsp3) is 0.786. The Morgan fingerprint density at radius 2 is 1.75 bits per heavy atom. The molecule has 90 valence electrons. The largest absolute Gasteiger partial charge is 0.463 e. The van der Waals surface area contributed by atoms with Crippen LogP contribution in [0.2, 0.25) is 0 Å². The molecule has 2 atom stereocenters. The summed E-state index contributed by atoms with van der Waals surface area (Å²) in [5.74, 6) is 1.74. The van der Waals surface area contributed by atoms with E-state index in [4.69, 9.17) is 4.74 Å². The van der Waals surface area contributed by atoms with Crippen molar-refractivity contribution in [2.75, 3.05) is 6.61 Å². The van der Waals surface area contributed by atoms with Crippen LogP contribution < -0.4 is 0 Å². The van der Waals surface area contributed by atoms with Gasteiger partial charge in [-0.3, -0.25) is 0 Å². The summed E-state index contributed by atoms with van der Waals surface area (Å²) in [6.45, 7) is 6.25. The van der Waals surface area contributed by atoms with Gasteiger partial charge in [0.25, 0.3) is 0 Å². The second-order valence-electron chi connectivity index (χ2n) is 5.09. The zero-order valence-electron chi connectivity index (χ0n) is 10.2. The molecule has 2 unspecified atom stereocenters. The molecule has 0 aromatic carbocycles. The summed E-state index contributed by atoms with van der Waals surface area (Å²) >= 11 is 0. The third kappa shape index (κ3) is 2.31. The van der Waals surface area contributed by atoms with Gasteiger partial charge in [0.2, 0.25) is 0 Å². The van der Waals surface area contributed by atoms with Gasteiger partial charge in [0, 0.05) is 5.57 Å². The van der Waals surface area contributed by atoms with Crippen LogP contribution in [0.3, 0.4) is 0 Å². The number of ether oxygens (including phenoxy) is 1. The Labute approximate surface area is 98.1 Å². The minimum Gasteiger partial charge on any atom is -0.463 e. The van der Waals surface area contributed by atoms with Crippen LogP contribution in [0, 0.1) is 17.8 Å². The highest BCUT2D eigenvalue weighted by Gasteiger charge is 2.51. The second-order valence-corrected chi connectivity index (χ2v) is 5.09. The van der Waals surface area contributed by atoms with Crippen LogP contribution in [0.4, 0.5) is 0 Å². The average Bonchev–Trinajstić information content (AvgIpc) is 2.89. The first kappa shape index (κ1) is 11.7.